The van der Waals surface area contributed by atoms with Crippen LogP contribution in [-0.4, -0.2) is 256 Å². The van der Waals surface area contributed by atoms with E-state index in [0.717, 1.165) is 4.68 Å². The van der Waals surface area contributed by atoms with Crippen molar-refractivity contribution in [2.45, 2.75) is 231 Å². The Bertz CT molecular complexity index is 5840. The summed E-state index contributed by atoms with van der Waals surface area (Å²) in [5.74, 6) is -1.67. The SMILES string of the molecule is CC[C@@]12CO[C@@H]([C@H](n3nnc4c(NC(=O)c5ccccc5)ncnc43)O1)[C@@H]2O.CC[C@H]1O[C@@H](n2cnc3c(=O)[nH]c(NC(=O)C(C)C)nc32)C[C@@H]1O.CC[C@H]1O[C@@H](n2cnc3c(=O)[nH]c(NC(=O)C(C)C)nc32)[C@@H](F)[C@@H]1O.CC[C@H]1O[C@@H](n2cnc3c(=O)[nH]c(NC(=O)C(C)C)nc32)[C@H](OC)[C@@H]1O.CC[C@H]1O[C@@H](n2nnc3c(=O)[nH]cnc32)[C@@H](F)[C@@H]1O. The largest absolute Gasteiger partial charge is 0.390 e. The molecule has 0 radical (unpaired) electrons. The lowest BCUT2D eigenvalue weighted by atomic mass is 9.96. The molecule has 0 spiro atoms. The molecule has 4 amide bonds. The number of aromatic nitrogens is 22. The first-order valence-electron chi connectivity index (χ1n) is 39.5. The Hall–Kier alpha value is -11.7. The molecule has 2 bridgehead atoms. The fourth-order valence-corrected chi connectivity index (χ4v) is 14.3. The number of methoxy groups -OCH3 is 1. The van der Waals surface area contributed by atoms with Gasteiger partial charge in [-0.1, -0.05) is 105 Å². The fourth-order valence-electron chi connectivity index (χ4n) is 14.3. The third-order valence-electron chi connectivity index (χ3n) is 21.3. The zero-order valence-electron chi connectivity index (χ0n) is 68.0. The van der Waals surface area contributed by atoms with E-state index in [-0.39, 0.29) is 110 Å². The molecule has 19 atom stereocenters. The van der Waals surface area contributed by atoms with Gasteiger partial charge in [0.2, 0.25) is 35.6 Å². The molecule has 16 heterocycles. The van der Waals surface area contributed by atoms with Crippen molar-refractivity contribution in [3.63, 3.8) is 0 Å². The first-order chi connectivity index (χ1) is 58.4. The van der Waals surface area contributed by atoms with Crippen molar-refractivity contribution in [3.8, 4) is 0 Å². The highest BCUT2D eigenvalue weighted by molar-refractivity contribution is 6.06. The Balaban J connectivity index is 0.000000132. The van der Waals surface area contributed by atoms with Gasteiger partial charge >= 0.3 is 0 Å². The molecule has 11 aromatic rings. The van der Waals surface area contributed by atoms with Gasteiger partial charge in [0.25, 0.3) is 28.1 Å². The van der Waals surface area contributed by atoms with E-state index in [1.54, 1.807) is 88.8 Å². The third kappa shape index (κ3) is 17.4. The van der Waals surface area contributed by atoms with Crippen molar-refractivity contribution in [1.29, 1.82) is 0 Å². The summed E-state index contributed by atoms with van der Waals surface area (Å²) in [4.78, 5) is 143. The van der Waals surface area contributed by atoms with Crippen LogP contribution < -0.4 is 43.5 Å². The number of aliphatic hydroxyl groups is 5. The number of rotatable bonds is 19. The number of halogens is 2. The molecule has 6 saturated heterocycles. The molecule has 6 aliphatic rings. The molecule has 122 heavy (non-hydrogen) atoms. The smallest absolute Gasteiger partial charge is 0.280 e. The van der Waals surface area contributed by atoms with E-state index in [1.165, 1.54) is 48.0 Å². The average molecular weight is 1710 g/mol. The normalized spacial score (nSPS) is 27.1. The van der Waals surface area contributed by atoms with Gasteiger partial charge in [0.05, 0.1) is 62.4 Å². The lowest BCUT2D eigenvalue weighted by molar-refractivity contribution is -0.177. The second-order valence-electron chi connectivity index (χ2n) is 30.3. The summed E-state index contributed by atoms with van der Waals surface area (Å²) in [7, 11) is 1.48. The molecular formula is C74H94F2N26O20. The van der Waals surface area contributed by atoms with Crippen molar-refractivity contribution in [2.75, 3.05) is 35.0 Å². The van der Waals surface area contributed by atoms with Crippen LogP contribution in [-0.2, 0) is 47.5 Å². The minimum Gasteiger partial charge on any atom is -0.390 e. The van der Waals surface area contributed by atoms with E-state index in [2.05, 4.69) is 107 Å². The number of aromatic amines is 4. The summed E-state index contributed by atoms with van der Waals surface area (Å²) in [6, 6.07) is 8.80. The standard InChI is InChI=1S/C18H18N6O4.C16H23N5O5.C15H20FN5O4.C15H21N5O4.C10H12FN5O3/c1-2-18-8-27-12(13(18)25)17(28-18)24-15-11(22-23-24)14(19-9-20-15)21-16(26)10-6-4-3-5-7-10;1-5-8-10(22)11(25-4)15(26-8)21-6-17-9-12(21)18-16(20-14(9)24)19-13(23)7(2)3;1-4-7-10(22)8(16)14(25-7)21-5-17-9-11(21)18-15(20-13(9)24)19-12(23)6(2)3;1-4-9-8(21)5-10(24-9)20-6-16-11-12(20)17-15(19-14(11)23)18-13(22)7(2)3;1-2-4-7(17)5(11)10(19-4)16-8-6(14-15-16)9(18)13-3-12-8/h3-7,9,12-13,17,25H,2,8H2,1H3,(H,19,20,21,26);6-8,10-11,15,22H,5H2,1-4H3,(H2,18,19,20,23,24);5-8,10,14,22H,4H2,1-3H3,(H2,18,19,20,23,24);6-10,21H,4-5H2,1-3H3,(H2,17,18,19,22,23);3-5,7,10,17H,2H2,1H3,(H,12,13,18)/t12-,13+,17-,18+;8-,10-,11-,15-;7-,8+,10-,14-;8-,9+,10+;4-,5+,7-,10-/m11101/s1. The molecule has 6 aliphatic heterocycles. The van der Waals surface area contributed by atoms with E-state index < -0.39 is 132 Å². The van der Waals surface area contributed by atoms with Gasteiger partial charge < -0.3 is 69.0 Å². The van der Waals surface area contributed by atoms with Crippen LogP contribution in [0.25, 0.3) is 55.8 Å². The number of amides is 4. The Morgan fingerprint density at radius 1 is 0.541 bits per heavy atom. The molecule has 46 nitrogen and oxygen atoms in total. The quantitative estimate of drug-likeness (QED) is 0.0552. The zero-order chi connectivity index (χ0) is 87.6. The van der Waals surface area contributed by atoms with E-state index in [4.69, 9.17) is 33.2 Å². The maximum absolute atomic E-state index is 14.4. The van der Waals surface area contributed by atoms with Crippen LogP contribution >= 0.6 is 0 Å². The predicted octanol–water partition coefficient (Wildman–Crippen LogP) is 2.32. The lowest BCUT2D eigenvalue weighted by Gasteiger charge is -2.29. The van der Waals surface area contributed by atoms with Gasteiger partial charge in [-0.3, -0.25) is 83.0 Å². The van der Waals surface area contributed by atoms with Gasteiger partial charge in [-0.25, -0.2) is 38.7 Å². The molecule has 0 aliphatic carbocycles. The van der Waals surface area contributed by atoms with Gasteiger partial charge in [0.1, 0.15) is 54.8 Å². The van der Waals surface area contributed by atoms with Crippen molar-refractivity contribution >= 4 is 103 Å². The molecule has 654 valence electrons. The van der Waals surface area contributed by atoms with Crippen molar-refractivity contribution in [1.82, 2.24) is 108 Å². The zero-order valence-corrected chi connectivity index (χ0v) is 68.0. The number of fused-ring (bicyclic) bond motifs is 7. The van der Waals surface area contributed by atoms with E-state index in [0.29, 0.717) is 67.5 Å². The molecule has 10 aromatic heterocycles. The van der Waals surface area contributed by atoms with Crippen LogP contribution in [0.5, 0.6) is 0 Å². The highest BCUT2D eigenvalue weighted by atomic mass is 19.1. The third-order valence-corrected chi connectivity index (χ3v) is 21.3. The van der Waals surface area contributed by atoms with E-state index in [9.17, 15) is 72.7 Å². The number of aliphatic hydroxyl groups excluding tert-OH is 5. The van der Waals surface area contributed by atoms with E-state index >= 15 is 0 Å². The molecule has 0 saturated carbocycles. The summed E-state index contributed by atoms with van der Waals surface area (Å²) < 4.78 is 75.3. The molecular weight excluding hydrogens is 1610 g/mol. The molecule has 13 N–H and O–H groups in total. The number of H-pyrrole nitrogens is 4. The molecule has 6 fully saturated rings. The second-order valence-corrected chi connectivity index (χ2v) is 30.3. The summed E-state index contributed by atoms with van der Waals surface area (Å²) in [6.45, 7) is 20.0. The summed E-state index contributed by atoms with van der Waals surface area (Å²) in [5.41, 5.74) is -0.454. The fraction of sp³-hybridized carbons (Fsp3) is 0.554. The highest BCUT2D eigenvalue weighted by Crippen LogP contribution is 2.47. The number of hydrogen-bond acceptors (Lipinski definition) is 33. The van der Waals surface area contributed by atoms with Crippen LogP contribution in [0.1, 0.15) is 156 Å². The Morgan fingerprint density at radius 3 is 1.50 bits per heavy atom. The number of nitrogens with one attached hydrogen (secondary N) is 8. The number of alkyl halides is 2. The van der Waals surface area contributed by atoms with Crippen molar-refractivity contribution < 1.29 is 86.6 Å². The van der Waals surface area contributed by atoms with Crippen LogP contribution in [0.3, 0.4) is 0 Å². The monoisotopic (exact) mass is 1700 g/mol. The Morgan fingerprint density at radius 2 is 1.01 bits per heavy atom. The number of nitrogens with zero attached hydrogens (tertiary/aromatic N) is 18. The highest BCUT2D eigenvalue weighted by Gasteiger charge is 2.61. The number of anilines is 4. The number of hydrogen-bond donors (Lipinski definition) is 13. The van der Waals surface area contributed by atoms with Crippen LogP contribution in [0, 0.1) is 17.8 Å². The summed E-state index contributed by atoms with van der Waals surface area (Å²) in [6.07, 6.45) is -5.27. The number of carbonyl (C=O) groups is 4. The van der Waals surface area contributed by atoms with Crippen LogP contribution in [0.15, 0.2) is 81.1 Å². The summed E-state index contributed by atoms with van der Waals surface area (Å²) in [5, 5.41) is 76.5. The maximum atomic E-state index is 14.4. The molecule has 0 unspecified atom stereocenters. The number of imidazole rings is 3. The molecule has 1 aromatic carbocycles. The van der Waals surface area contributed by atoms with Gasteiger partial charge in [0, 0.05) is 36.8 Å². The van der Waals surface area contributed by atoms with E-state index in [1.807, 2.05) is 26.8 Å². The van der Waals surface area contributed by atoms with Gasteiger partial charge in [-0.2, -0.15) is 24.3 Å². The molecule has 17 rings (SSSR count). The number of benzene rings is 1. The minimum atomic E-state index is -1.68. The predicted molar refractivity (Wildman–Crippen MR) is 423 cm³/mol. The van der Waals surface area contributed by atoms with Gasteiger partial charge in [-0.15, -0.1) is 10.2 Å². The van der Waals surface area contributed by atoms with Crippen LogP contribution in [0.2, 0.25) is 0 Å². The topological polar surface area (TPSA) is 606 Å². The lowest BCUT2D eigenvalue weighted by Crippen LogP contribution is -2.39. The first kappa shape index (κ1) is 88.1. The Labute approximate surface area is 688 Å². The summed E-state index contributed by atoms with van der Waals surface area (Å²) >= 11 is 0. The number of carbonyl (C=O) groups excluding carboxylic acids is 4. The average Bonchev–Trinajstić information content (AvgIpc) is 1.57. The Kier molecular flexibility index (Phi) is 26.7. The van der Waals surface area contributed by atoms with Crippen molar-refractivity contribution in [3.05, 3.63) is 109 Å². The molecule has 48 heteroatoms. The van der Waals surface area contributed by atoms with Gasteiger partial charge in [0.15, 0.2) is 98.9 Å². The van der Waals surface area contributed by atoms with Crippen molar-refractivity contribution in [2.24, 2.45) is 17.8 Å². The minimum absolute atomic E-state index is 0.00668. The maximum Gasteiger partial charge on any atom is 0.280 e. The second kappa shape index (κ2) is 36.9. The van der Waals surface area contributed by atoms with Crippen LogP contribution in [0.4, 0.5) is 32.4 Å². The number of ether oxygens (including phenoxy) is 7. The van der Waals surface area contributed by atoms with Gasteiger partial charge in [-0.05, 0) is 44.2 Å². The first-order valence-corrected chi connectivity index (χ1v) is 39.5.